The first-order chi connectivity index (χ1) is 10.9. The van der Waals surface area contributed by atoms with Crippen LogP contribution in [0.3, 0.4) is 0 Å². The quantitative estimate of drug-likeness (QED) is 0.502. The lowest BCUT2D eigenvalue weighted by Gasteiger charge is -2.14. The standard InChI is InChI=1S/C14H18F2N2O5/c15-11-4-3-10(6-12(11)16)23-8-9(19)7-18-14(22)17-5-1-2-13(20)21/h3-4,6,9,19H,1-2,5,7-8H2,(H,20,21)(H2,17,18,22). The van der Waals surface area contributed by atoms with E-state index in [1.807, 2.05) is 0 Å². The summed E-state index contributed by atoms with van der Waals surface area (Å²) in [5.74, 6) is -2.95. The zero-order valence-corrected chi connectivity index (χ0v) is 12.2. The van der Waals surface area contributed by atoms with Gasteiger partial charge in [0.15, 0.2) is 11.6 Å². The molecule has 0 spiro atoms. The molecule has 4 N–H and O–H groups in total. The van der Waals surface area contributed by atoms with Crippen molar-refractivity contribution >= 4 is 12.0 Å². The van der Waals surface area contributed by atoms with Crippen molar-refractivity contribution in [3.8, 4) is 5.75 Å². The van der Waals surface area contributed by atoms with Gasteiger partial charge in [-0.1, -0.05) is 0 Å². The van der Waals surface area contributed by atoms with Crippen molar-refractivity contribution in [1.29, 1.82) is 0 Å². The summed E-state index contributed by atoms with van der Waals surface area (Å²) in [6.45, 7) is -0.140. The van der Waals surface area contributed by atoms with Crippen LogP contribution in [-0.2, 0) is 4.79 Å². The Morgan fingerprint density at radius 3 is 2.61 bits per heavy atom. The SMILES string of the molecule is O=C(O)CCCNC(=O)NCC(O)COc1ccc(F)c(F)c1. The van der Waals surface area contributed by atoms with E-state index < -0.39 is 29.7 Å². The molecule has 1 unspecified atom stereocenters. The van der Waals surface area contributed by atoms with E-state index in [4.69, 9.17) is 9.84 Å². The number of ether oxygens (including phenoxy) is 1. The molecule has 0 aliphatic heterocycles. The molecule has 1 aromatic rings. The maximum Gasteiger partial charge on any atom is 0.314 e. The van der Waals surface area contributed by atoms with Gasteiger partial charge in [0.2, 0.25) is 0 Å². The van der Waals surface area contributed by atoms with Gasteiger partial charge in [0.25, 0.3) is 0 Å². The number of carboxylic acid groups (broad SMARTS) is 1. The summed E-state index contributed by atoms with van der Waals surface area (Å²) >= 11 is 0. The van der Waals surface area contributed by atoms with Crippen molar-refractivity contribution < 1.29 is 33.3 Å². The molecular weight excluding hydrogens is 314 g/mol. The Balaban J connectivity index is 2.18. The Bertz CT molecular complexity index is 542. The first-order valence-corrected chi connectivity index (χ1v) is 6.88. The number of carbonyl (C=O) groups is 2. The van der Waals surface area contributed by atoms with Gasteiger partial charge in [0, 0.05) is 25.6 Å². The minimum atomic E-state index is -1.06. The smallest absolute Gasteiger partial charge is 0.314 e. The molecule has 128 valence electrons. The van der Waals surface area contributed by atoms with Gasteiger partial charge in [-0.25, -0.2) is 13.6 Å². The van der Waals surface area contributed by atoms with Crippen molar-refractivity contribution in [3.63, 3.8) is 0 Å². The number of hydrogen-bond donors (Lipinski definition) is 4. The fraction of sp³-hybridized carbons (Fsp3) is 0.429. The van der Waals surface area contributed by atoms with E-state index in [0.29, 0.717) is 6.42 Å². The number of halogens is 2. The van der Waals surface area contributed by atoms with Crippen LogP contribution in [-0.4, -0.2) is 48.0 Å². The normalized spacial score (nSPS) is 11.6. The van der Waals surface area contributed by atoms with Crippen LogP contribution in [0.1, 0.15) is 12.8 Å². The second-order valence-electron chi connectivity index (χ2n) is 4.67. The topological polar surface area (TPSA) is 108 Å². The highest BCUT2D eigenvalue weighted by Crippen LogP contribution is 2.15. The number of hydrogen-bond acceptors (Lipinski definition) is 4. The predicted octanol–water partition coefficient (Wildman–Crippen LogP) is 0.869. The molecule has 1 aromatic carbocycles. The van der Waals surface area contributed by atoms with Crippen LogP contribution < -0.4 is 15.4 Å². The van der Waals surface area contributed by atoms with Crippen LogP contribution >= 0.6 is 0 Å². The predicted molar refractivity (Wildman–Crippen MR) is 76.1 cm³/mol. The van der Waals surface area contributed by atoms with Crippen LogP contribution in [0.5, 0.6) is 5.75 Å². The van der Waals surface area contributed by atoms with E-state index in [2.05, 4.69) is 10.6 Å². The molecular formula is C14H18F2N2O5. The molecule has 0 aromatic heterocycles. The number of aliphatic hydroxyl groups is 1. The van der Waals surface area contributed by atoms with Crippen LogP contribution in [0.25, 0.3) is 0 Å². The Morgan fingerprint density at radius 2 is 1.96 bits per heavy atom. The third kappa shape index (κ3) is 7.96. The summed E-state index contributed by atoms with van der Waals surface area (Å²) in [7, 11) is 0. The Kier molecular flexibility index (Phi) is 7.75. The molecule has 0 fully saturated rings. The Hall–Kier alpha value is -2.42. The minimum absolute atomic E-state index is 0.0506. The lowest BCUT2D eigenvalue weighted by Crippen LogP contribution is -2.41. The first-order valence-electron chi connectivity index (χ1n) is 6.88. The molecule has 1 rings (SSSR count). The van der Waals surface area contributed by atoms with E-state index >= 15 is 0 Å². The highest BCUT2D eigenvalue weighted by atomic mass is 19.2. The van der Waals surface area contributed by atoms with Crippen LogP contribution in [0.15, 0.2) is 18.2 Å². The molecule has 9 heteroatoms. The Labute approximate surface area is 131 Å². The van der Waals surface area contributed by atoms with Gasteiger partial charge < -0.3 is 25.6 Å². The average Bonchev–Trinajstić information content (AvgIpc) is 2.50. The number of nitrogens with one attached hydrogen (secondary N) is 2. The number of urea groups is 1. The lowest BCUT2D eigenvalue weighted by atomic mass is 10.3. The zero-order chi connectivity index (χ0) is 17.2. The fourth-order valence-electron chi connectivity index (χ4n) is 1.53. The number of aliphatic carboxylic acids is 1. The number of carboxylic acids is 1. The maximum absolute atomic E-state index is 12.9. The first kappa shape index (κ1) is 18.6. The number of benzene rings is 1. The zero-order valence-electron chi connectivity index (χ0n) is 12.2. The van der Waals surface area contributed by atoms with E-state index in [1.54, 1.807) is 0 Å². The third-order valence-electron chi connectivity index (χ3n) is 2.68. The highest BCUT2D eigenvalue weighted by Gasteiger charge is 2.09. The number of rotatable bonds is 9. The van der Waals surface area contributed by atoms with Crippen molar-refractivity contribution in [2.75, 3.05) is 19.7 Å². The second-order valence-corrected chi connectivity index (χ2v) is 4.67. The van der Waals surface area contributed by atoms with Gasteiger partial charge in [-0.15, -0.1) is 0 Å². The molecule has 0 aliphatic rings. The van der Waals surface area contributed by atoms with Gasteiger partial charge in [-0.2, -0.15) is 0 Å². The van der Waals surface area contributed by atoms with Gasteiger partial charge >= 0.3 is 12.0 Å². The number of carbonyl (C=O) groups excluding carboxylic acids is 1. The molecule has 0 radical (unpaired) electrons. The summed E-state index contributed by atoms with van der Waals surface area (Å²) in [5.41, 5.74) is 0. The summed E-state index contributed by atoms with van der Waals surface area (Å²) in [6.07, 6.45) is -0.803. The van der Waals surface area contributed by atoms with Crippen LogP contribution in [0, 0.1) is 11.6 Å². The summed E-state index contributed by atoms with van der Waals surface area (Å²) in [4.78, 5) is 21.6. The summed E-state index contributed by atoms with van der Waals surface area (Å²) in [6, 6.07) is 2.42. The molecule has 0 heterocycles. The lowest BCUT2D eigenvalue weighted by molar-refractivity contribution is -0.137. The van der Waals surface area contributed by atoms with Gasteiger partial charge in [-0.3, -0.25) is 4.79 Å². The summed E-state index contributed by atoms with van der Waals surface area (Å²) < 4.78 is 30.7. The average molecular weight is 332 g/mol. The molecule has 2 amide bonds. The fourth-order valence-corrected chi connectivity index (χ4v) is 1.53. The van der Waals surface area contributed by atoms with E-state index in [1.165, 1.54) is 6.07 Å². The molecule has 0 saturated carbocycles. The van der Waals surface area contributed by atoms with Crippen molar-refractivity contribution in [1.82, 2.24) is 10.6 Å². The monoisotopic (exact) mass is 332 g/mol. The highest BCUT2D eigenvalue weighted by molar-refractivity contribution is 5.73. The minimum Gasteiger partial charge on any atom is -0.491 e. The Morgan fingerprint density at radius 1 is 1.22 bits per heavy atom. The molecule has 0 bridgehead atoms. The summed E-state index contributed by atoms with van der Waals surface area (Å²) in [5, 5.41) is 22.8. The van der Waals surface area contributed by atoms with Crippen LogP contribution in [0.4, 0.5) is 13.6 Å². The van der Waals surface area contributed by atoms with Crippen molar-refractivity contribution in [2.24, 2.45) is 0 Å². The molecule has 7 nitrogen and oxygen atoms in total. The third-order valence-corrected chi connectivity index (χ3v) is 2.68. The van der Waals surface area contributed by atoms with Gasteiger partial charge in [0.05, 0.1) is 0 Å². The number of amides is 2. The van der Waals surface area contributed by atoms with Crippen molar-refractivity contribution in [2.45, 2.75) is 18.9 Å². The largest absolute Gasteiger partial charge is 0.491 e. The second kappa shape index (κ2) is 9.57. The molecule has 23 heavy (non-hydrogen) atoms. The maximum atomic E-state index is 12.9. The molecule has 1 atom stereocenters. The number of aliphatic hydroxyl groups excluding tert-OH is 1. The molecule has 0 aliphatic carbocycles. The van der Waals surface area contributed by atoms with Crippen LogP contribution in [0.2, 0.25) is 0 Å². The van der Waals surface area contributed by atoms with Crippen molar-refractivity contribution in [3.05, 3.63) is 29.8 Å². The van der Waals surface area contributed by atoms with Gasteiger partial charge in [-0.05, 0) is 18.6 Å². The van der Waals surface area contributed by atoms with E-state index in [0.717, 1.165) is 12.1 Å². The van der Waals surface area contributed by atoms with Gasteiger partial charge in [0.1, 0.15) is 18.5 Å². The van der Waals surface area contributed by atoms with E-state index in [-0.39, 0.29) is 31.9 Å². The van der Waals surface area contributed by atoms with E-state index in [9.17, 15) is 23.5 Å². The molecule has 0 saturated heterocycles.